The highest BCUT2D eigenvalue weighted by molar-refractivity contribution is 5.99. The van der Waals surface area contributed by atoms with Gasteiger partial charge in [-0.25, -0.2) is 0 Å². The number of anilines is 2. The molecule has 0 aliphatic heterocycles. The number of hydrogen-bond acceptors (Lipinski definition) is 3. The number of nitrogens with two attached hydrogens (primary N) is 1. The minimum absolute atomic E-state index is 0.0184. The third-order valence-electron chi connectivity index (χ3n) is 3.16. The Kier molecular flexibility index (Phi) is 3.13. The summed E-state index contributed by atoms with van der Waals surface area (Å²) in [5.41, 5.74) is 8.03. The van der Waals surface area contributed by atoms with Gasteiger partial charge in [-0.1, -0.05) is 12.8 Å². The van der Waals surface area contributed by atoms with Crippen molar-refractivity contribution in [1.82, 2.24) is 0 Å². The van der Waals surface area contributed by atoms with Crippen molar-refractivity contribution in [2.24, 2.45) is 0 Å². The third-order valence-corrected chi connectivity index (χ3v) is 3.16. The lowest BCUT2D eigenvalue weighted by Gasteiger charge is -2.14. The first-order valence-corrected chi connectivity index (χ1v) is 5.84. The van der Waals surface area contributed by atoms with Crippen LogP contribution >= 0.6 is 0 Å². The van der Waals surface area contributed by atoms with Crippen LogP contribution in [0.1, 0.15) is 43.0 Å². The maximum Gasteiger partial charge on any atom is 0.161 e. The average Bonchev–Trinajstić information content (AvgIpc) is 2.70. The maximum absolute atomic E-state index is 11.2. The fourth-order valence-electron chi connectivity index (χ4n) is 2.28. The van der Waals surface area contributed by atoms with Crippen LogP contribution in [0.25, 0.3) is 0 Å². The van der Waals surface area contributed by atoms with Gasteiger partial charge in [-0.05, 0) is 38.0 Å². The van der Waals surface area contributed by atoms with Gasteiger partial charge in [0.2, 0.25) is 0 Å². The Hall–Kier alpha value is -1.51. The first-order chi connectivity index (χ1) is 7.66. The van der Waals surface area contributed by atoms with E-state index >= 15 is 0 Å². The van der Waals surface area contributed by atoms with Crippen molar-refractivity contribution < 1.29 is 4.79 Å². The molecule has 0 spiro atoms. The Morgan fingerprint density at radius 3 is 2.62 bits per heavy atom. The Morgan fingerprint density at radius 1 is 1.38 bits per heavy atom. The first-order valence-electron chi connectivity index (χ1n) is 5.84. The van der Waals surface area contributed by atoms with E-state index in [1.54, 1.807) is 6.07 Å². The van der Waals surface area contributed by atoms with Crippen molar-refractivity contribution >= 4 is 17.2 Å². The van der Waals surface area contributed by atoms with Crippen molar-refractivity contribution in [3.05, 3.63) is 23.8 Å². The van der Waals surface area contributed by atoms with Crippen LogP contribution in [0.2, 0.25) is 0 Å². The van der Waals surface area contributed by atoms with Crippen LogP contribution in [0.5, 0.6) is 0 Å². The summed E-state index contributed by atoms with van der Waals surface area (Å²) in [4.78, 5) is 11.2. The van der Waals surface area contributed by atoms with E-state index in [1.807, 2.05) is 12.1 Å². The Morgan fingerprint density at radius 2 is 2.06 bits per heavy atom. The van der Waals surface area contributed by atoms with Crippen LogP contribution in [0, 0.1) is 0 Å². The van der Waals surface area contributed by atoms with Gasteiger partial charge < -0.3 is 11.1 Å². The molecule has 1 aromatic rings. The lowest BCUT2D eigenvalue weighted by atomic mass is 10.1. The molecular formula is C13H18N2O. The molecule has 3 heteroatoms. The predicted molar refractivity (Wildman–Crippen MR) is 66.7 cm³/mol. The maximum atomic E-state index is 11.2. The number of carbonyl (C=O) groups is 1. The summed E-state index contributed by atoms with van der Waals surface area (Å²) in [6.45, 7) is 1.54. The predicted octanol–water partition coefficient (Wildman–Crippen LogP) is 2.83. The summed E-state index contributed by atoms with van der Waals surface area (Å²) >= 11 is 0. The van der Waals surface area contributed by atoms with Gasteiger partial charge in [0, 0.05) is 23.0 Å². The quantitative estimate of drug-likeness (QED) is 0.606. The molecule has 0 radical (unpaired) electrons. The zero-order valence-corrected chi connectivity index (χ0v) is 9.62. The SMILES string of the molecule is CC(=O)c1ccc(NC2CCCC2)cc1N. The fourth-order valence-corrected chi connectivity index (χ4v) is 2.28. The van der Waals surface area contributed by atoms with E-state index in [4.69, 9.17) is 5.73 Å². The molecule has 1 saturated carbocycles. The molecule has 0 unspecified atom stereocenters. The van der Waals surface area contributed by atoms with Gasteiger partial charge in [0.05, 0.1) is 0 Å². The Balaban J connectivity index is 2.11. The van der Waals surface area contributed by atoms with Crippen molar-refractivity contribution in [2.45, 2.75) is 38.6 Å². The second-order valence-corrected chi connectivity index (χ2v) is 4.48. The monoisotopic (exact) mass is 218 g/mol. The minimum Gasteiger partial charge on any atom is -0.398 e. The first kappa shape index (κ1) is 11.0. The standard InChI is InChI=1S/C13H18N2O/c1-9(16)12-7-6-11(8-13(12)14)15-10-4-2-3-5-10/h6-8,10,15H,2-5,14H2,1H3. The highest BCUT2D eigenvalue weighted by Gasteiger charge is 2.15. The van der Waals surface area contributed by atoms with Crippen molar-refractivity contribution in [2.75, 3.05) is 11.1 Å². The number of nitrogens with one attached hydrogen (secondary N) is 1. The molecule has 1 aliphatic carbocycles. The van der Waals surface area contributed by atoms with E-state index in [9.17, 15) is 4.79 Å². The smallest absolute Gasteiger partial charge is 0.161 e. The van der Waals surface area contributed by atoms with E-state index in [0.717, 1.165) is 5.69 Å². The molecule has 3 N–H and O–H groups in total. The van der Waals surface area contributed by atoms with Gasteiger partial charge in [-0.2, -0.15) is 0 Å². The minimum atomic E-state index is 0.0184. The molecule has 0 aromatic heterocycles. The lowest BCUT2D eigenvalue weighted by molar-refractivity contribution is 0.101. The highest BCUT2D eigenvalue weighted by Crippen LogP contribution is 2.24. The van der Waals surface area contributed by atoms with Crippen LogP contribution < -0.4 is 11.1 Å². The summed E-state index contributed by atoms with van der Waals surface area (Å²) in [5.74, 6) is 0.0184. The number of carbonyl (C=O) groups excluding carboxylic acids is 1. The number of rotatable bonds is 3. The zero-order valence-electron chi connectivity index (χ0n) is 9.62. The van der Waals surface area contributed by atoms with Crippen molar-refractivity contribution in [3.63, 3.8) is 0 Å². The summed E-state index contributed by atoms with van der Waals surface area (Å²) < 4.78 is 0. The van der Waals surface area contributed by atoms with Crippen LogP contribution in [0.15, 0.2) is 18.2 Å². The molecular weight excluding hydrogens is 200 g/mol. The van der Waals surface area contributed by atoms with E-state index in [2.05, 4.69) is 5.32 Å². The van der Waals surface area contributed by atoms with Crippen molar-refractivity contribution in [1.29, 1.82) is 0 Å². The van der Waals surface area contributed by atoms with E-state index in [0.29, 0.717) is 17.3 Å². The summed E-state index contributed by atoms with van der Waals surface area (Å²) in [5, 5.41) is 3.46. The molecule has 0 heterocycles. The molecule has 86 valence electrons. The van der Waals surface area contributed by atoms with Crippen LogP contribution in [0.3, 0.4) is 0 Å². The second kappa shape index (κ2) is 4.56. The highest BCUT2D eigenvalue weighted by atomic mass is 16.1. The molecule has 2 rings (SSSR count). The van der Waals surface area contributed by atoms with Gasteiger partial charge in [0.25, 0.3) is 0 Å². The largest absolute Gasteiger partial charge is 0.398 e. The second-order valence-electron chi connectivity index (χ2n) is 4.48. The normalized spacial score (nSPS) is 16.3. The van der Waals surface area contributed by atoms with Gasteiger partial charge in [-0.15, -0.1) is 0 Å². The molecule has 0 bridgehead atoms. The Bertz CT molecular complexity index is 395. The van der Waals surface area contributed by atoms with Crippen molar-refractivity contribution in [3.8, 4) is 0 Å². The number of ketones is 1. The molecule has 0 atom stereocenters. The third kappa shape index (κ3) is 2.35. The summed E-state index contributed by atoms with van der Waals surface area (Å²) in [6, 6.07) is 6.16. The molecule has 0 saturated heterocycles. The fraction of sp³-hybridized carbons (Fsp3) is 0.462. The molecule has 3 nitrogen and oxygen atoms in total. The molecule has 1 aromatic carbocycles. The van der Waals surface area contributed by atoms with Gasteiger partial charge >= 0.3 is 0 Å². The number of Topliss-reactive ketones (excluding diaryl/α,β-unsaturated/α-hetero) is 1. The number of nitrogen functional groups attached to an aromatic ring is 1. The molecule has 1 aliphatic rings. The zero-order chi connectivity index (χ0) is 11.5. The van der Waals surface area contributed by atoms with Crippen LogP contribution in [0.4, 0.5) is 11.4 Å². The van der Waals surface area contributed by atoms with E-state index < -0.39 is 0 Å². The van der Waals surface area contributed by atoms with Gasteiger partial charge in [-0.3, -0.25) is 4.79 Å². The molecule has 16 heavy (non-hydrogen) atoms. The van der Waals surface area contributed by atoms with Gasteiger partial charge in [0.1, 0.15) is 0 Å². The number of hydrogen-bond donors (Lipinski definition) is 2. The number of benzene rings is 1. The van der Waals surface area contributed by atoms with Gasteiger partial charge in [0.15, 0.2) is 5.78 Å². The topological polar surface area (TPSA) is 55.1 Å². The van der Waals surface area contributed by atoms with Crippen LogP contribution in [-0.4, -0.2) is 11.8 Å². The molecule has 0 amide bonds. The van der Waals surface area contributed by atoms with Crippen LogP contribution in [-0.2, 0) is 0 Å². The summed E-state index contributed by atoms with van der Waals surface area (Å²) in [6.07, 6.45) is 5.07. The lowest BCUT2D eigenvalue weighted by Crippen LogP contribution is -2.14. The van der Waals surface area contributed by atoms with E-state index in [1.165, 1.54) is 32.6 Å². The average molecular weight is 218 g/mol. The molecule has 1 fully saturated rings. The van der Waals surface area contributed by atoms with E-state index in [-0.39, 0.29) is 5.78 Å². The summed E-state index contributed by atoms with van der Waals surface area (Å²) in [7, 11) is 0. The Labute approximate surface area is 96.0 Å².